The van der Waals surface area contributed by atoms with Crippen LogP contribution in [-0.4, -0.2) is 11.8 Å². The Bertz CT molecular complexity index is 408. The fraction of sp³-hybridized carbons (Fsp3) is 0.917. The van der Waals surface area contributed by atoms with Gasteiger partial charge in [-0.1, -0.05) is 90.9 Å². The van der Waals surface area contributed by atoms with Crippen LogP contribution in [0.25, 0.3) is 0 Å². The maximum atomic E-state index is 12.5. The van der Waals surface area contributed by atoms with Gasteiger partial charge in [0, 0.05) is 0 Å². The highest BCUT2D eigenvalue weighted by Gasteiger charge is 2.51. The molecule has 1 saturated heterocycles. The zero-order valence-corrected chi connectivity index (χ0v) is 17.9. The van der Waals surface area contributed by atoms with Gasteiger partial charge < -0.3 is 0 Å². The highest BCUT2D eigenvalue weighted by atomic mass is 16.2. The largest absolute Gasteiger partial charge is 0.296 e. The van der Waals surface area contributed by atoms with Crippen molar-refractivity contribution in [3.05, 3.63) is 0 Å². The topological polar surface area (TPSA) is 46.2 Å². The average molecular weight is 378 g/mol. The third-order valence-corrected chi connectivity index (χ3v) is 7.02. The van der Waals surface area contributed by atoms with Crippen LogP contribution in [0.2, 0.25) is 0 Å². The number of carbonyl (C=O) groups is 2. The standard InChI is InChI=1S/C24H43NO2/c1-3-5-7-9-11-13-15-19-17-18-20(16-14-12-10-8-6-4-2)22-21(19)23(26)25-24(22)27/h19-22H,3-18H2,1-2H3,(H,25,26,27). The molecule has 2 aliphatic rings. The van der Waals surface area contributed by atoms with Crippen molar-refractivity contribution in [3.63, 3.8) is 0 Å². The second kappa shape index (κ2) is 12.6. The maximum absolute atomic E-state index is 12.5. The Kier molecular flexibility index (Phi) is 10.4. The number of fused-ring (bicyclic) bond motifs is 1. The predicted octanol–water partition coefficient (Wildman–Crippen LogP) is 6.40. The number of rotatable bonds is 14. The lowest BCUT2D eigenvalue weighted by Gasteiger charge is -2.37. The Labute approximate surface area is 167 Å². The Morgan fingerprint density at radius 1 is 0.630 bits per heavy atom. The van der Waals surface area contributed by atoms with Gasteiger partial charge in [-0.05, 0) is 37.5 Å². The molecule has 2 rings (SSSR count). The van der Waals surface area contributed by atoms with Crippen LogP contribution >= 0.6 is 0 Å². The Morgan fingerprint density at radius 2 is 1.00 bits per heavy atom. The average Bonchev–Trinajstić information content (AvgIpc) is 2.97. The first-order valence-corrected chi connectivity index (χ1v) is 12.0. The zero-order chi connectivity index (χ0) is 19.5. The van der Waals surface area contributed by atoms with E-state index in [0.717, 1.165) is 25.7 Å². The van der Waals surface area contributed by atoms with Crippen LogP contribution in [-0.2, 0) is 9.59 Å². The first-order chi connectivity index (χ1) is 13.2. The summed E-state index contributed by atoms with van der Waals surface area (Å²) < 4.78 is 0. The number of hydrogen-bond acceptors (Lipinski definition) is 2. The second-order valence-electron chi connectivity index (χ2n) is 9.12. The minimum absolute atomic E-state index is 0.0213. The summed E-state index contributed by atoms with van der Waals surface area (Å²) in [5, 5.41) is 2.68. The molecule has 2 fully saturated rings. The number of hydrogen-bond donors (Lipinski definition) is 1. The van der Waals surface area contributed by atoms with Crippen molar-refractivity contribution in [1.29, 1.82) is 0 Å². The minimum atomic E-state index is -0.0213. The van der Waals surface area contributed by atoms with E-state index in [9.17, 15) is 9.59 Å². The van der Waals surface area contributed by atoms with Crippen molar-refractivity contribution in [2.45, 2.75) is 117 Å². The molecule has 0 bridgehead atoms. The molecular weight excluding hydrogens is 334 g/mol. The summed E-state index contributed by atoms with van der Waals surface area (Å²) in [6, 6.07) is 0. The number of imide groups is 1. The Balaban J connectivity index is 1.77. The lowest BCUT2D eigenvalue weighted by molar-refractivity contribution is -0.126. The summed E-state index contributed by atoms with van der Waals surface area (Å²) in [5.41, 5.74) is 0. The fourth-order valence-electron chi connectivity index (χ4n) is 5.44. The summed E-state index contributed by atoms with van der Waals surface area (Å²) in [4.78, 5) is 24.9. The molecule has 27 heavy (non-hydrogen) atoms. The Morgan fingerprint density at radius 3 is 1.41 bits per heavy atom. The molecule has 1 heterocycles. The smallest absolute Gasteiger partial charge is 0.230 e. The number of amides is 2. The molecule has 4 unspecified atom stereocenters. The normalized spacial score (nSPS) is 27.6. The van der Waals surface area contributed by atoms with E-state index < -0.39 is 0 Å². The molecular formula is C24H43NO2. The monoisotopic (exact) mass is 377 g/mol. The van der Waals surface area contributed by atoms with Crippen LogP contribution in [0.3, 0.4) is 0 Å². The summed E-state index contributed by atoms with van der Waals surface area (Å²) in [7, 11) is 0. The lowest BCUT2D eigenvalue weighted by atomic mass is 9.65. The summed E-state index contributed by atoms with van der Waals surface area (Å²) >= 11 is 0. The molecule has 3 heteroatoms. The van der Waals surface area contributed by atoms with Gasteiger partial charge in [-0.3, -0.25) is 14.9 Å². The van der Waals surface area contributed by atoms with Gasteiger partial charge >= 0.3 is 0 Å². The molecule has 0 aromatic carbocycles. The lowest BCUT2D eigenvalue weighted by Crippen LogP contribution is -2.36. The molecule has 1 aliphatic carbocycles. The maximum Gasteiger partial charge on any atom is 0.230 e. The van der Waals surface area contributed by atoms with Crippen molar-refractivity contribution in [1.82, 2.24) is 5.32 Å². The molecule has 4 atom stereocenters. The van der Waals surface area contributed by atoms with Gasteiger partial charge in [0.05, 0.1) is 11.8 Å². The van der Waals surface area contributed by atoms with Gasteiger partial charge in [-0.15, -0.1) is 0 Å². The molecule has 2 amide bonds. The van der Waals surface area contributed by atoms with Crippen molar-refractivity contribution >= 4 is 11.8 Å². The van der Waals surface area contributed by atoms with Gasteiger partial charge in [0.1, 0.15) is 0 Å². The van der Waals surface area contributed by atoms with Gasteiger partial charge in [0.15, 0.2) is 0 Å². The van der Waals surface area contributed by atoms with Crippen molar-refractivity contribution in [2.75, 3.05) is 0 Å². The second-order valence-corrected chi connectivity index (χ2v) is 9.12. The summed E-state index contributed by atoms with van der Waals surface area (Å²) in [6.07, 6.45) is 20.2. The molecule has 1 aliphatic heterocycles. The van der Waals surface area contributed by atoms with Gasteiger partial charge in [0.2, 0.25) is 11.8 Å². The highest BCUT2D eigenvalue weighted by Crippen LogP contribution is 2.45. The summed E-state index contributed by atoms with van der Waals surface area (Å²) in [5.74, 6) is 0.906. The third-order valence-electron chi connectivity index (χ3n) is 7.02. The van der Waals surface area contributed by atoms with Crippen LogP contribution in [0.4, 0.5) is 0 Å². The van der Waals surface area contributed by atoms with Crippen LogP contribution in [0.5, 0.6) is 0 Å². The number of unbranched alkanes of at least 4 members (excludes halogenated alkanes) is 10. The molecule has 1 saturated carbocycles. The van der Waals surface area contributed by atoms with E-state index in [2.05, 4.69) is 19.2 Å². The minimum Gasteiger partial charge on any atom is -0.296 e. The van der Waals surface area contributed by atoms with Crippen LogP contribution in [0.1, 0.15) is 117 Å². The van der Waals surface area contributed by atoms with Crippen LogP contribution in [0, 0.1) is 23.7 Å². The molecule has 0 aromatic heterocycles. The molecule has 156 valence electrons. The van der Waals surface area contributed by atoms with Gasteiger partial charge in [0.25, 0.3) is 0 Å². The SMILES string of the molecule is CCCCCCCCC1CCC(CCCCCCCC)C2C(=O)NC(=O)C12. The number of nitrogens with one attached hydrogen (secondary N) is 1. The first-order valence-electron chi connectivity index (χ1n) is 12.0. The zero-order valence-electron chi connectivity index (χ0n) is 17.9. The highest BCUT2D eigenvalue weighted by molar-refractivity contribution is 6.05. The molecule has 1 N–H and O–H groups in total. The summed E-state index contributed by atoms with van der Waals surface area (Å²) in [6.45, 7) is 4.50. The van der Waals surface area contributed by atoms with E-state index in [0.29, 0.717) is 11.8 Å². The predicted molar refractivity (Wildman–Crippen MR) is 112 cm³/mol. The molecule has 0 aromatic rings. The van der Waals surface area contributed by atoms with E-state index in [-0.39, 0.29) is 23.7 Å². The Hall–Kier alpha value is -0.860. The van der Waals surface area contributed by atoms with Crippen molar-refractivity contribution in [2.24, 2.45) is 23.7 Å². The van der Waals surface area contributed by atoms with Crippen molar-refractivity contribution < 1.29 is 9.59 Å². The quantitative estimate of drug-likeness (QED) is 0.281. The van der Waals surface area contributed by atoms with Crippen LogP contribution < -0.4 is 5.32 Å². The van der Waals surface area contributed by atoms with E-state index >= 15 is 0 Å². The third kappa shape index (κ3) is 6.91. The molecule has 0 spiro atoms. The van der Waals surface area contributed by atoms with E-state index in [4.69, 9.17) is 0 Å². The molecule has 3 nitrogen and oxygen atoms in total. The van der Waals surface area contributed by atoms with E-state index in [1.54, 1.807) is 0 Å². The van der Waals surface area contributed by atoms with Gasteiger partial charge in [-0.25, -0.2) is 0 Å². The fourth-order valence-corrected chi connectivity index (χ4v) is 5.44. The van der Waals surface area contributed by atoms with E-state index in [1.165, 1.54) is 77.0 Å². The molecule has 0 radical (unpaired) electrons. The number of carbonyl (C=O) groups excluding carboxylic acids is 2. The first kappa shape index (κ1) is 22.4. The van der Waals surface area contributed by atoms with Crippen molar-refractivity contribution in [3.8, 4) is 0 Å². The van der Waals surface area contributed by atoms with Gasteiger partial charge in [-0.2, -0.15) is 0 Å². The van der Waals surface area contributed by atoms with Crippen LogP contribution in [0.15, 0.2) is 0 Å². The van der Waals surface area contributed by atoms with E-state index in [1.807, 2.05) is 0 Å².